The lowest BCUT2D eigenvalue weighted by Gasteiger charge is -2.34. The average Bonchev–Trinajstić information content (AvgIpc) is 2.54. The molecule has 0 unspecified atom stereocenters. The smallest absolute Gasteiger partial charge is 0.321 e. The average molecular weight is 306 g/mol. The SMILES string of the molecule is CN(C)c1ccc(NC(=O)N(C)C2CCC(CO)CC2)cn1. The van der Waals surface area contributed by atoms with Gasteiger partial charge in [0.2, 0.25) is 0 Å². The monoisotopic (exact) mass is 306 g/mol. The molecule has 0 aliphatic heterocycles. The number of hydrogen-bond donors (Lipinski definition) is 2. The van der Waals surface area contributed by atoms with Crippen LogP contribution in [0.15, 0.2) is 18.3 Å². The minimum atomic E-state index is -0.105. The number of carbonyl (C=O) groups excluding carboxylic acids is 1. The van der Waals surface area contributed by atoms with Crippen LogP contribution in [0.1, 0.15) is 25.7 Å². The summed E-state index contributed by atoms with van der Waals surface area (Å²) in [6.45, 7) is 0.256. The summed E-state index contributed by atoms with van der Waals surface area (Å²) >= 11 is 0. The van der Waals surface area contributed by atoms with Crippen LogP contribution < -0.4 is 10.2 Å². The number of aliphatic hydroxyl groups excluding tert-OH is 1. The molecule has 2 rings (SSSR count). The number of pyridine rings is 1. The van der Waals surface area contributed by atoms with Crippen LogP contribution in [0.5, 0.6) is 0 Å². The number of aliphatic hydroxyl groups is 1. The molecular weight excluding hydrogens is 280 g/mol. The number of nitrogens with zero attached hydrogens (tertiary/aromatic N) is 3. The van der Waals surface area contributed by atoms with Crippen molar-refractivity contribution in [3.8, 4) is 0 Å². The first kappa shape index (κ1) is 16.5. The predicted octanol–water partition coefficient (Wildman–Crippen LogP) is 2.16. The number of urea groups is 1. The van der Waals surface area contributed by atoms with E-state index in [1.165, 1.54) is 0 Å². The molecule has 22 heavy (non-hydrogen) atoms. The Morgan fingerprint density at radius 3 is 2.45 bits per heavy atom. The van der Waals surface area contributed by atoms with E-state index in [4.69, 9.17) is 0 Å². The second-order valence-corrected chi connectivity index (χ2v) is 6.20. The zero-order valence-electron chi connectivity index (χ0n) is 13.6. The normalized spacial score (nSPS) is 21.3. The van der Waals surface area contributed by atoms with Crippen molar-refractivity contribution in [3.05, 3.63) is 18.3 Å². The maximum atomic E-state index is 12.3. The van der Waals surface area contributed by atoms with Crippen molar-refractivity contribution >= 4 is 17.5 Å². The van der Waals surface area contributed by atoms with Crippen molar-refractivity contribution in [2.45, 2.75) is 31.7 Å². The molecule has 0 atom stereocenters. The fourth-order valence-corrected chi connectivity index (χ4v) is 2.82. The summed E-state index contributed by atoms with van der Waals surface area (Å²) in [7, 11) is 5.69. The van der Waals surface area contributed by atoms with E-state index in [1.807, 2.05) is 38.2 Å². The van der Waals surface area contributed by atoms with Crippen molar-refractivity contribution in [1.29, 1.82) is 0 Å². The van der Waals surface area contributed by atoms with Crippen molar-refractivity contribution in [3.63, 3.8) is 0 Å². The summed E-state index contributed by atoms with van der Waals surface area (Å²) in [5, 5.41) is 12.1. The molecule has 2 N–H and O–H groups in total. The summed E-state index contributed by atoms with van der Waals surface area (Å²) < 4.78 is 0. The molecule has 0 aromatic carbocycles. The standard InChI is InChI=1S/C16H26N4O2/c1-19(2)15-9-6-13(10-17-15)18-16(22)20(3)14-7-4-12(11-21)5-8-14/h6,9-10,12,14,21H,4-5,7-8,11H2,1-3H3,(H,18,22). The Morgan fingerprint density at radius 2 is 1.95 bits per heavy atom. The molecule has 1 aromatic rings. The molecule has 1 saturated carbocycles. The van der Waals surface area contributed by atoms with E-state index >= 15 is 0 Å². The summed E-state index contributed by atoms with van der Waals surface area (Å²) in [6.07, 6.45) is 5.54. The second-order valence-electron chi connectivity index (χ2n) is 6.20. The summed E-state index contributed by atoms with van der Waals surface area (Å²) in [5.74, 6) is 1.25. The lowest BCUT2D eigenvalue weighted by molar-refractivity contribution is 0.139. The molecule has 1 heterocycles. The van der Waals surface area contributed by atoms with Crippen molar-refractivity contribution in [2.75, 3.05) is 38.0 Å². The van der Waals surface area contributed by atoms with Gasteiger partial charge in [0, 0.05) is 33.8 Å². The zero-order chi connectivity index (χ0) is 16.1. The van der Waals surface area contributed by atoms with E-state index in [1.54, 1.807) is 11.1 Å². The lowest BCUT2D eigenvalue weighted by Crippen LogP contribution is -2.42. The molecule has 0 spiro atoms. The highest BCUT2D eigenvalue weighted by Gasteiger charge is 2.26. The van der Waals surface area contributed by atoms with E-state index in [-0.39, 0.29) is 18.7 Å². The van der Waals surface area contributed by atoms with Crippen LogP contribution in [-0.4, -0.2) is 54.8 Å². The van der Waals surface area contributed by atoms with Crippen molar-refractivity contribution < 1.29 is 9.90 Å². The summed E-state index contributed by atoms with van der Waals surface area (Å²) in [5.41, 5.74) is 0.700. The maximum absolute atomic E-state index is 12.3. The largest absolute Gasteiger partial charge is 0.396 e. The van der Waals surface area contributed by atoms with Gasteiger partial charge in [0.1, 0.15) is 5.82 Å². The Morgan fingerprint density at radius 1 is 1.27 bits per heavy atom. The highest BCUT2D eigenvalue weighted by molar-refractivity contribution is 5.89. The van der Waals surface area contributed by atoms with Gasteiger partial charge in [-0.25, -0.2) is 9.78 Å². The van der Waals surface area contributed by atoms with Crippen LogP contribution >= 0.6 is 0 Å². The molecule has 6 nitrogen and oxygen atoms in total. The summed E-state index contributed by atoms with van der Waals surface area (Å²) in [6, 6.07) is 3.88. The first-order valence-electron chi connectivity index (χ1n) is 7.79. The molecule has 2 amide bonds. The first-order chi connectivity index (χ1) is 10.5. The molecule has 1 fully saturated rings. The number of amides is 2. The van der Waals surface area contributed by atoms with Crippen LogP contribution in [0.25, 0.3) is 0 Å². The minimum absolute atomic E-state index is 0.105. The van der Waals surface area contributed by atoms with Crippen LogP contribution in [0.2, 0.25) is 0 Å². The van der Waals surface area contributed by atoms with Crippen LogP contribution in [0, 0.1) is 5.92 Å². The molecule has 6 heteroatoms. The van der Waals surface area contributed by atoms with E-state index in [9.17, 15) is 9.90 Å². The fraction of sp³-hybridized carbons (Fsp3) is 0.625. The molecular formula is C16H26N4O2. The Bertz CT molecular complexity index is 481. The van der Waals surface area contributed by atoms with Crippen LogP contribution in [0.3, 0.4) is 0 Å². The number of aromatic nitrogens is 1. The van der Waals surface area contributed by atoms with Crippen molar-refractivity contribution in [2.24, 2.45) is 5.92 Å². The Hall–Kier alpha value is -1.82. The van der Waals surface area contributed by atoms with Gasteiger partial charge in [0.05, 0.1) is 11.9 Å². The third-order valence-corrected chi connectivity index (χ3v) is 4.40. The number of hydrogen-bond acceptors (Lipinski definition) is 4. The second kappa shape index (κ2) is 7.45. The molecule has 1 aliphatic rings. The van der Waals surface area contributed by atoms with Gasteiger partial charge in [0.15, 0.2) is 0 Å². The van der Waals surface area contributed by atoms with Gasteiger partial charge in [-0.15, -0.1) is 0 Å². The van der Waals surface area contributed by atoms with E-state index < -0.39 is 0 Å². The molecule has 0 radical (unpaired) electrons. The Kier molecular flexibility index (Phi) is 5.60. The van der Waals surface area contributed by atoms with Gasteiger partial charge < -0.3 is 20.2 Å². The highest BCUT2D eigenvalue weighted by atomic mass is 16.3. The minimum Gasteiger partial charge on any atom is -0.396 e. The number of anilines is 2. The van der Waals surface area contributed by atoms with E-state index in [0.717, 1.165) is 31.5 Å². The predicted molar refractivity (Wildman–Crippen MR) is 88.2 cm³/mol. The highest BCUT2D eigenvalue weighted by Crippen LogP contribution is 2.27. The van der Waals surface area contributed by atoms with Gasteiger partial charge in [-0.05, 0) is 43.7 Å². The summed E-state index contributed by atoms with van der Waals surface area (Å²) in [4.78, 5) is 20.3. The molecule has 0 saturated heterocycles. The quantitative estimate of drug-likeness (QED) is 0.894. The van der Waals surface area contributed by atoms with Gasteiger partial charge in [-0.3, -0.25) is 0 Å². The first-order valence-corrected chi connectivity index (χ1v) is 7.79. The fourth-order valence-electron chi connectivity index (χ4n) is 2.82. The number of rotatable bonds is 4. The third kappa shape index (κ3) is 4.10. The third-order valence-electron chi connectivity index (χ3n) is 4.40. The topological polar surface area (TPSA) is 68.7 Å². The van der Waals surface area contributed by atoms with E-state index in [0.29, 0.717) is 11.6 Å². The lowest BCUT2D eigenvalue weighted by atomic mass is 9.86. The van der Waals surface area contributed by atoms with Gasteiger partial charge in [0.25, 0.3) is 0 Å². The van der Waals surface area contributed by atoms with Gasteiger partial charge in [-0.1, -0.05) is 0 Å². The van der Waals surface area contributed by atoms with Crippen LogP contribution in [0.4, 0.5) is 16.3 Å². The van der Waals surface area contributed by atoms with Gasteiger partial charge in [-0.2, -0.15) is 0 Å². The molecule has 1 aliphatic carbocycles. The Labute approximate surface area is 132 Å². The van der Waals surface area contributed by atoms with Gasteiger partial charge >= 0.3 is 6.03 Å². The molecule has 1 aromatic heterocycles. The van der Waals surface area contributed by atoms with Crippen molar-refractivity contribution in [1.82, 2.24) is 9.88 Å². The number of nitrogens with one attached hydrogen (secondary N) is 1. The Balaban J connectivity index is 1.88. The molecule has 122 valence electrons. The van der Waals surface area contributed by atoms with E-state index in [2.05, 4.69) is 10.3 Å². The number of carbonyl (C=O) groups is 1. The van der Waals surface area contributed by atoms with Crippen LogP contribution in [-0.2, 0) is 0 Å². The maximum Gasteiger partial charge on any atom is 0.321 e. The zero-order valence-corrected chi connectivity index (χ0v) is 13.6. The molecule has 0 bridgehead atoms.